The van der Waals surface area contributed by atoms with Gasteiger partial charge in [-0.3, -0.25) is 23.7 Å². The summed E-state index contributed by atoms with van der Waals surface area (Å²) in [6, 6.07) is 20.3. The molecule has 6 rings (SSSR count). The molecule has 11 heteroatoms. The van der Waals surface area contributed by atoms with Crippen molar-refractivity contribution < 1.29 is 19.5 Å². The number of imide groups is 1. The molecule has 3 heterocycles. The first kappa shape index (κ1) is 26.4. The van der Waals surface area contributed by atoms with E-state index in [-0.39, 0.29) is 17.2 Å². The van der Waals surface area contributed by atoms with Gasteiger partial charge in [-0.05, 0) is 49.4 Å². The number of halogens is 1. The molecule has 4 aromatic rings. The minimum absolute atomic E-state index is 0.0428. The lowest BCUT2D eigenvalue weighted by Gasteiger charge is -2.31. The number of nitrogens with one attached hydrogen (secondary N) is 1. The maximum absolute atomic E-state index is 13.9. The predicted molar refractivity (Wildman–Crippen MR) is 155 cm³/mol. The number of aromatic hydroxyl groups is 1. The van der Waals surface area contributed by atoms with Crippen molar-refractivity contribution in [1.82, 2.24) is 4.57 Å². The molecule has 1 fully saturated rings. The van der Waals surface area contributed by atoms with E-state index in [9.17, 15) is 24.3 Å². The fraction of sp³-hybridized carbons (Fsp3) is 0.172. The van der Waals surface area contributed by atoms with Crippen LogP contribution in [0.3, 0.4) is 0 Å². The fourth-order valence-corrected chi connectivity index (χ4v) is 8.06. The molecule has 1 saturated heterocycles. The second-order valence-corrected chi connectivity index (χ2v) is 12.2. The maximum Gasteiger partial charge on any atom is 0.308 e. The molecular weight excluding hydrogens is 570 g/mol. The van der Waals surface area contributed by atoms with Crippen LogP contribution in [0.5, 0.6) is 5.75 Å². The van der Waals surface area contributed by atoms with E-state index >= 15 is 0 Å². The van der Waals surface area contributed by atoms with Crippen molar-refractivity contribution >= 4 is 63.8 Å². The monoisotopic (exact) mass is 591 g/mol. The van der Waals surface area contributed by atoms with Crippen LogP contribution in [0.4, 0.5) is 11.4 Å². The smallest absolute Gasteiger partial charge is 0.308 e. The number of thiazole rings is 1. The average molecular weight is 592 g/mol. The fourth-order valence-electron chi connectivity index (χ4n) is 5.17. The number of phenols is 1. The molecule has 0 saturated carbocycles. The molecule has 0 aliphatic carbocycles. The van der Waals surface area contributed by atoms with Gasteiger partial charge in [-0.25, -0.2) is 4.90 Å². The Morgan fingerprint density at radius 2 is 1.68 bits per heavy atom. The number of phenolic OH excluding ortho intramolecular Hbond substituents is 1. The third kappa shape index (κ3) is 4.51. The van der Waals surface area contributed by atoms with Gasteiger partial charge in [-0.15, -0.1) is 0 Å². The van der Waals surface area contributed by atoms with E-state index in [1.54, 1.807) is 54.6 Å². The SMILES string of the molecule is Cc1ccc(NC(=O)Cn2c3c(sc2=O)[C@@H](c2ccccc2O)[C@H]2C(=O)N(c4ccc(Cl)cc4)C(=O)[C@H]2S3)cc1. The summed E-state index contributed by atoms with van der Waals surface area (Å²) in [5.74, 6) is -2.91. The highest BCUT2D eigenvalue weighted by Gasteiger charge is 2.57. The zero-order valence-electron chi connectivity index (χ0n) is 21.0. The number of carbonyl (C=O) groups is 3. The number of aryl methyl sites for hydroxylation is 1. The third-order valence-corrected chi connectivity index (χ3v) is 9.90. The van der Waals surface area contributed by atoms with Crippen LogP contribution in [0.25, 0.3) is 0 Å². The molecule has 0 bridgehead atoms. The average Bonchev–Trinajstić information content (AvgIpc) is 3.37. The molecule has 0 spiro atoms. The van der Waals surface area contributed by atoms with Gasteiger partial charge in [0.15, 0.2) is 0 Å². The summed E-state index contributed by atoms with van der Waals surface area (Å²) in [5.41, 5.74) is 2.48. The number of benzene rings is 3. The van der Waals surface area contributed by atoms with Crippen LogP contribution in [0.15, 0.2) is 82.6 Å². The summed E-state index contributed by atoms with van der Waals surface area (Å²) >= 11 is 8.07. The van der Waals surface area contributed by atoms with Crippen LogP contribution in [0.1, 0.15) is 21.9 Å². The van der Waals surface area contributed by atoms with Gasteiger partial charge in [0.1, 0.15) is 17.5 Å². The molecule has 40 heavy (non-hydrogen) atoms. The van der Waals surface area contributed by atoms with Gasteiger partial charge in [-0.2, -0.15) is 0 Å². The first-order valence-corrected chi connectivity index (χ1v) is 14.5. The first-order valence-electron chi connectivity index (χ1n) is 12.4. The van der Waals surface area contributed by atoms with Crippen molar-refractivity contribution in [3.8, 4) is 5.75 Å². The standard InChI is InChI=1S/C29H22ClN3O5S2/c1-15-6-10-17(11-7-15)31-21(35)14-32-28-25(40-29(32)38)22(19-4-2-3-5-20(19)34)23-24(39-28)27(37)33(26(23)36)18-12-8-16(30)9-13-18/h2-13,22-24,34H,14H2,1H3,(H,31,35)/t22-,23+,24-/m0/s1. The highest BCUT2D eigenvalue weighted by Crippen LogP contribution is 2.55. The molecule has 0 radical (unpaired) electrons. The van der Waals surface area contributed by atoms with Crippen molar-refractivity contribution in [1.29, 1.82) is 0 Å². The van der Waals surface area contributed by atoms with Crippen molar-refractivity contribution in [2.45, 2.75) is 29.7 Å². The third-order valence-electron chi connectivity index (χ3n) is 7.04. The van der Waals surface area contributed by atoms with Gasteiger partial charge in [0.2, 0.25) is 17.7 Å². The number of carbonyl (C=O) groups excluding carboxylic acids is 3. The lowest BCUT2D eigenvalue weighted by molar-refractivity contribution is -0.122. The Morgan fingerprint density at radius 1 is 0.975 bits per heavy atom. The lowest BCUT2D eigenvalue weighted by atomic mass is 9.82. The minimum atomic E-state index is -0.860. The van der Waals surface area contributed by atoms with Gasteiger partial charge in [-0.1, -0.05) is 70.6 Å². The number of anilines is 2. The molecule has 0 unspecified atom stereocenters. The van der Waals surface area contributed by atoms with Crippen LogP contribution in [-0.4, -0.2) is 32.6 Å². The topological polar surface area (TPSA) is 109 Å². The maximum atomic E-state index is 13.9. The van der Waals surface area contributed by atoms with E-state index < -0.39 is 34.8 Å². The number of thioether (sulfide) groups is 1. The van der Waals surface area contributed by atoms with Crippen molar-refractivity contribution in [3.63, 3.8) is 0 Å². The van der Waals surface area contributed by atoms with E-state index in [0.29, 0.717) is 31.9 Å². The number of hydrogen-bond acceptors (Lipinski definition) is 7. The van der Waals surface area contributed by atoms with Crippen molar-refractivity contribution in [2.24, 2.45) is 5.92 Å². The Bertz CT molecular complexity index is 1710. The lowest BCUT2D eigenvalue weighted by Crippen LogP contribution is -2.33. The zero-order chi connectivity index (χ0) is 28.1. The van der Waals surface area contributed by atoms with Crippen LogP contribution in [0, 0.1) is 12.8 Å². The van der Waals surface area contributed by atoms with E-state index in [1.165, 1.54) is 10.6 Å². The first-order chi connectivity index (χ1) is 19.2. The van der Waals surface area contributed by atoms with Gasteiger partial charge in [0, 0.05) is 27.1 Å². The molecule has 8 nitrogen and oxygen atoms in total. The molecule has 2 aliphatic heterocycles. The van der Waals surface area contributed by atoms with Gasteiger partial charge < -0.3 is 10.4 Å². The second kappa shape index (κ2) is 10.3. The Morgan fingerprint density at radius 3 is 2.38 bits per heavy atom. The Kier molecular flexibility index (Phi) is 6.77. The molecule has 3 aromatic carbocycles. The number of para-hydroxylation sites is 1. The summed E-state index contributed by atoms with van der Waals surface area (Å²) < 4.78 is 1.35. The Balaban J connectivity index is 1.41. The second-order valence-electron chi connectivity index (χ2n) is 9.63. The summed E-state index contributed by atoms with van der Waals surface area (Å²) in [6.45, 7) is 1.68. The molecule has 2 N–H and O–H groups in total. The number of aromatic nitrogens is 1. The van der Waals surface area contributed by atoms with E-state index in [2.05, 4.69) is 5.32 Å². The van der Waals surface area contributed by atoms with Crippen LogP contribution < -0.4 is 15.1 Å². The predicted octanol–water partition coefficient (Wildman–Crippen LogP) is 5.01. The van der Waals surface area contributed by atoms with Crippen molar-refractivity contribution in [3.05, 3.63) is 103 Å². The zero-order valence-corrected chi connectivity index (χ0v) is 23.4. The van der Waals surface area contributed by atoms with Gasteiger partial charge in [0.05, 0.1) is 16.6 Å². The number of hydrogen-bond donors (Lipinski definition) is 2. The van der Waals surface area contributed by atoms with Gasteiger partial charge in [0.25, 0.3) is 0 Å². The Hall–Kier alpha value is -3.86. The van der Waals surface area contributed by atoms with E-state index in [4.69, 9.17) is 11.6 Å². The molecule has 1 aromatic heterocycles. The van der Waals surface area contributed by atoms with Crippen LogP contribution in [0.2, 0.25) is 5.02 Å². The number of nitrogens with zero attached hydrogens (tertiary/aromatic N) is 2. The van der Waals surface area contributed by atoms with Crippen LogP contribution in [-0.2, 0) is 20.9 Å². The molecule has 3 atom stereocenters. The number of rotatable bonds is 5. The highest BCUT2D eigenvalue weighted by molar-refractivity contribution is 8.00. The van der Waals surface area contributed by atoms with E-state index in [0.717, 1.165) is 33.6 Å². The Labute approximate surface area is 242 Å². The van der Waals surface area contributed by atoms with Crippen molar-refractivity contribution in [2.75, 3.05) is 10.2 Å². The quantitative estimate of drug-likeness (QED) is 0.316. The van der Waals surface area contributed by atoms with E-state index in [1.807, 2.05) is 19.1 Å². The molecule has 3 amide bonds. The van der Waals surface area contributed by atoms with Gasteiger partial charge >= 0.3 is 4.87 Å². The number of fused-ring (bicyclic) bond motifs is 2. The summed E-state index contributed by atoms with van der Waals surface area (Å²) in [5, 5.41) is 13.7. The molecule has 202 valence electrons. The normalized spacial score (nSPS) is 19.9. The van der Waals surface area contributed by atoms with Crippen LogP contribution >= 0.6 is 34.7 Å². The largest absolute Gasteiger partial charge is 0.508 e. The molecular formula is C29H22ClN3O5S2. The highest BCUT2D eigenvalue weighted by atomic mass is 35.5. The number of amides is 3. The minimum Gasteiger partial charge on any atom is -0.508 e. The molecule has 2 aliphatic rings. The summed E-state index contributed by atoms with van der Waals surface area (Å²) in [7, 11) is 0. The summed E-state index contributed by atoms with van der Waals surface area (Å²) in [6.07, 6.45) is 0. The summed E-state index contributed by atoms with van der Waals surface area (Å²) in [4.78, 5) is 55.1.